The summed E-state index contributed by atoms with van der Waals surface area (Å²) in [5, 5.41) is 15.2. The minimum atomic E-state index is -0.00558. The zero-order chi connectivity index (χ0) is 15.5. The first-order valence-electron chi connectivity index (χ1n) is 6.69. The molecule has 7 heteroatoms. The number of nitrogens with zero attached hydrogens (tertiary/aromatic N) is 4. The van der Waals surface area contributed by atoms with Gasteiger partial charge in [0, 0.05) is 11.6 Å². The van der Waals surface area contributed by atoms with Gasteiger partial charge in [0.15, 0.2) is 17.3 Å². The molecule has 1 heterocycles. The third-order valence-corrected chi connectivity index (χ3v) is 2.92. The number of hydrogen-bond donors (Lipinski definition) is 1. The van der Waals surface area contributed by atoms with E-state index in [0.29, 0.717) is 18.0 Å². The quantitative estimate of drug-likeness (QED) is 0.901. The Balaban J connectivity index is 2.28. The van der Waals surface area contributed by atoms with Crippen LogP contribution in [0.25, 0.3) is 5.69 Å². The van der Waals surface area contributed by atoms with Crippen LogP contribution in [0.4, 0.5) is 0 Å². The zero-order valence-electron chi connectivity index (χ0n) is 13.0. The minimum Gasteiger partial charge on any atom is -0.493 e. The van der Waals surface area contributed by atoms with Crippen LogP contribution in [0.1, 0.15) is 26.6 Å². The van der Waals surface area contributed by atoms with E-state index in [1.807, 2.05) is 18.2 Å². The van der Waals surface area contributed by atoms with Crippen molar-refractivity contribution in [3.63, 3.8) is 0 Å². The topological polar surface area (TPSA) is 74.1 Å². The Hall–Kier alpha value is -2.15. The monoisotopic (exact) mass is 291 g/mol. The van der Waals surface area contributed by atoms with Gasteiger partial charge >= 0.3 is 0 Å². The van der Waals surface area contributed by atoms with Crippen molar-refractivity contribution in [2.45, 2.75) is 32.9 Å². The summed E-state index contributed by atoms with van der Waals surface area (Å²) in [6.07, 6.45) is 0. The summed E-state index contributed by atoms with van der Waals surface area (Å²) in [5.74, 6) is 2.04. The molecule has 114 valence electrons. The van der Waals surface area contributed by atoms with Crippen molar-refractivity contribution in [1.29, 1.82) is 0 Å². The van der Waals surface area contributed by atoms with Gasteiger partial charge in [-0.15, -0.1) is 5.10 Å². The number of hydrogen-bond acceptors (Lipinski definition) is 6. The van der Waals surface area contributed by atoms with E-state index < -0.39 is 0 Å². The van der Waals surface area contributed by atoms with Crippen LogP contribution in [0.15, 0.2) is 18.2 Å². The molecule has 0 bridgehead atoms. The summed E-state index contributed by atoms with van der Waals surface area (Å²) in [6, 6.07) is 5.56. The van der Waals surface area contributed by atoms with Crippen LogP contribution in [-0.2, 0) is 6.54 Å². The van der Waals surface area contributed by atoms with Crippen molar-refractivity contribution in [3.05, 3.63) is 24.0 Å². The number of benzene rings is 1. The van der Waals surface area contributed by atoms with Gasteiger partial charge in [0.05, 0.1) is 26.5 Å². The highest BCUT2D eigenvalue weighted by molar-refractivity contribution is 5.48. The van der Waals surface area contributed by atoms with E-state index in [4.69, 9.17) is 9.47 Å². The van der Waals surface area contributed by atoms with E-state index in [2.05, 4.69) is 41.6 Å². The highest BCUT2D eigenvalue weighted by Crippen LogP contribution is 2.29. The molecule has 0 aliphatic rings. The molecule has 1 N–H and O–H groups in total. The predicted octanol–water partition coefficient (Wildman–Crippen LogP) is 1.57. The number of ether oxygens (including phenoxy) is 2. The summed E-state index contributed by atoms with van der Waals surface area (Å²) in [4.78, 5) is 0. The van der Waals surface area contributed by atoms with Crippen LogP contribution < -0.4 is 14.8 Å². The maximum atomic E-state index is 5.31. The molecule has 0 spiro atoms. The second-order valence-electron chi connectivity index (χ2n) is 5.65. The highest BCUT2D eigenvalue weighted by atomic mass is 16.5. The Labute approximate surface area is 124 Å². The molecule has 2 aromatic rings. The molecule has 0 fully saturated rings. The Kier molecular flexibility index (Phi) is 4.42. The Morgan fingerprint density at radius 2 is 1.86 bits per heavy atom. The molecule has 1 aromatic heterocycles. The number of rotatable bonds is 5. The fraction of sp³-hybridized carbons (Fsp3) is 0.500. The first kappa shape index (κ1) is 15.2. The molecule has 7 nitrogen and oxygen atoms in total. The Morgan fingerprint density at radius 1 is 1.14 bits per heavy atom. The molecule has 0 aliphatic carbocycles. The maximum Gasteiger partial charge on any atom is 0.170 e. The van der Waals surface area contributed by atoms with E-state index >= 15 is 0 Å². The molecule has 0 unspecified atom stereocenters. The van der Waals surface area contributed by atoms with Gasteiger partial charge in [-0.05, 0) is 43.3 Å². The molecule has 0 saturated carbocycles. The van der Waals surface area contributed by atoms with Gasteiger partial charge in [0.25, 0.3) is 0 Å². The van der Waals surface area contributed by atoms with Crippen molar-refractivity contribution in [1.82, 2.24) is 25.5 Å². The molecule has 0 aliphatic heterocycles. The molecule has 2 rings (SSSR count). The van der Waals surface area contributed by atoms with E-state index in [1.54, 1.807) is 18.9 Å². The molecule has 21 heavy (non-hydrogen) atoms. The van der Waals surface area contributed by atoms with Gasteiger partial charge in [-0.2, -0.15) is 4.68 Å². The zero-order valence-corrected chi connectivity index (χ0v) is 13.0. The number of methoxy groups -OCH3 is 2. The largest absolute Gasteiger partial charge is 0.493 e. The van der Waals surface area contributed by atoms with Gasteiger partial charge < -0.3 is 14.8 Å². The van der Waals surface area contributed by atoms with Crippen molar-refractivity contribution in [2.24, 2.45) is 0 Å². The first-order valence-corrected chi connectivity index (χ1v) is 6.69. The number of nitrogens with one attached hydrogen (secondary N) is 1. The lowest BCUT2D eigenvalue weighted by Gasteiger charge is -2.20. The number of tetrazole rings is 1. The molecule has 1 aromatic carbocycles. The lowest BCUT2D eigenvalue weighted by atomic mass is 10.1. The van der Waals surface area contributed by atoms with Crippen molar-refractivity contribution < 1.29 is 9.47 Å². The number of aromatic nitrogens is 4. The molecule has 0 saturated heterocycles. The van der Waals surface area contributed by atoms with Gasteiger partial charge in [0.2, 0.25) is 0 Å². The fourth-order valence-electron chi connectivity index (χ4n) is 1.82. The smallest absolute Gasteiger partial charge is 0.170 e. The molecular formula is C14H21N5O2. The normalized spacial score (nSPS) is 11.5. The van der Waals surface area contributed by atoms with E-state index in [9.17, 15) is 0 Å². The van der Waals surface area contributed by atoms with Crippen LogP contribution in [0.5, 0.6) is 11.5 Å². The lowest BCUT2D eigenvalue weighted by molar-refractivity contribution is 0.354. The standard InChI is InChI=1S/C14H21N5O2/c1-14(2,3)15-9-13-16-17-18-19(13)10-6-7-11(20-4)12(8-10)21-5/h6-8,15H,9H2,1-5H3. The van der Waals surface area contributed by atoms with Crippen LogP contribution in [-0.4, -0.2) is 40.0 Å². The molecule has 0 amide bonds. The highest BCUT2D eigenvalue weighted by Gasteiger charge is 2.14. The Bertz CT molecular complexity index is 604. The van der Waals surface area contributed by atoms with Crippen molar-refractivity contribution in [2.75, 3.05) is 14.2 Å². The first-order chi connectivity index (χ1) is 9.94. The summed E-state index contributed by atoms with van der Waals surface area (Å²) < 4.78 is 12.2. The van der Waals surface area contributed by atoms with E-state index in [0.717, 1.165) is 11.5 Å². The average molecular weight is 291 g/mol. The SMILES string of the molecule is COc1ccc(-n2nnnc2CNC(C)(C)C)cc1OC. The van der Waals surface area contributed by atoms with Crippen molar-refractivity contribution >= 4 is 0 Å². The average Bonchev–Trinajstić information content (AvgIpc) is 2.92. The van der Waals surface area contributed by atoms with Crippen molar-refractivity contribution in [3.8, 4) is 17.2 Å². The molecule has 0 radical (unpaired) electrons. The summed E-state index contributed by atoms with van der Waals surface area (Å²) in [6.45, 7) is 6.86. The summed E-state index contributed by atoms with van der Waals surface area (Å²) in [7, 11) is 3.20. The van der Waals surface area contributed by atoms with E-state index in [1.165, 1.54) is 0 Å². The predicted molar refractivity (Wildman–Crippen MR) is 78.9 cm³/mol. The maximum absolute atomic E-state index is 5.31. The summed E-state index contributed by atoms with van der Waals surface area (Å²) in [5.41, 5.74) is 0.817. The van der Waals surface area contributed by atoms with Gasteiger partial charge in [-0.1, -0.05) is 0 Å². The third kappa shape index (κ3) is 3.69. The third-order valence-electron chi connectivity index (χ3n) is 2.92. The van der Waals surface area contributed by atoms with Gasteiger partial charge in [0.1, 0.15) is 0 Å². The second-order valence-corrected chi connectivity index (χ2v) is 5.65. The lowest BCUT2D eigenvalue weighted by Crippen LogP contribution is -2.35. The fourth-order valence-corrected chi connectivity index (χ4v) is 1.82. The van der Waals surface area contributed by atoms with Gasteiger partial charge in [-0.25, -0.2) is 0 Å². The second kappa shape index (κ2) is 6.09. The van der Waals surface area contributed by atoms with Crippen LogP contribution in [0.2, 0.25) is 0 Å². The summed E-state index contributed by atoms with van der Waals surface area (Å²) >= 11 is 0. The molecular weight excluding hydrogens is 270 g/mol. The van der Waals surface area contributed by atoms with Crippen LogP contribution >= 0.6 is 0 Å². The molecule has 0 atom stereocenters. The van der Waals surface area contributed by atoms with Crippen LogP contribution in [0.3, 0.4) is 0 Å². The Morgan fingerprint density at radius 3 is 2.48 bits per heavy atom. The van der Waals surface area contributed by atoms with Gasteiger partial charge in [-0.3, -0.25) is 0 Å². The minimum absolute atomic E-state index is 0.00558. The van der Waals surface area contributed by atoms with E-state index in [-0.39, 0.29) is 5.54 Å². The van der Waals surface area contributed by atoms with Crippen LogP contribution in [0, 0.1) is 0 Å².